The molecule has 0 bridgehead atoms. The first-order valence-corrected chi connectivity index (χ1v) is 9.38. The lowest BCUT2D eigenvalue weighted by atomic mass is 10.1. The normalized spacial score (nSPS) is 11.6. The van der Waals surface area contributed by atoms with Gasteiger partial charge in [-0.3, -0.25) is 9.69 Å². The van der Waals surface area contributed by atoms with E-state index in [0.29, 0.717) is 12.5 Å². The van der Waals surface area contributed by atoms with Crippen LogP contribution in [0.25, 0.3) is 10.9 Å². The smallest absolute Gasteiger partial charge is 0.189 e. The van der Waals surface area contributed by atoms with Gasteiger partial charge in [0.1, 0.15) is 0 Å². The van der Waals surface area contributed by atoms with E-state index in [9.17, 15) is 4.79 Å². The lowest BCUT2D eigenvalue weighted by molar-refractivity contribution is 0.225. The number of fused-ring (bicyclic) bond motifs is 1. The van der Waals surface area contributed by atoms with Crippen LogP contribution in [0.4, 0.5) is 0 Å². The zero-order chi connectivity index (χ0) is 18.7. The lowest BCUT2D eigenvalue weighted by Crippen LogP contribution is -2.28. The number of hydrogen-bond acceptors (Lipinski definition) is 2. The maximum absolute atomic E-state index is 12.5. The molecule has 0 radical (unpaired) electrons. The third kappa shape index (κ3) is 4.75. The summed E-state index contributed by atoms with van der Waals surface area (Å²) in [5.74, 6) is 0.539. The molecule has 136 valence electrons. The minimum absolute atomic E-state index is 0.0773. The number of pyridine rings is 1. The second kappa shape index (κ2) is 8.07. The summed E-state index contributed by atoms with van der Waals surface area (Å²) < 4.78 is 0. The summed E-state index contributed by atoms with van der Waals surface area (Å²) in [6.07, 6.45) is 0. The molecule has 0 saturated carbocycles. The molecule has 26 heavy (non-hydrogen) atoms. The maximum atomic E-state index is 12.5. The molecule has 0 fully saturated rings. The highest BCUT2D eigenvalue weighted by Gasteiger charge is 2.11. The quantitative estimate of drug-likeness (QED) is 0.653. The Labute approximate surface area is 159 Å². The highest BCUT2D eigenvalue weighted by molar-refractivity contribution is 6.30. The molecule has 1 N–H and O–H groups in total. The first-order chi connectivity index (χ1) is 12.4. The molecule has 1 aromatic heterocycles. The Morgan fingerprint density at radius 3 is 2.46 bits per heavy atom. The van der Waals surface area contributed by atoms with Crippen LogP contribution in [0.1, 0.15) is 30.7 Å². The van der Waals surface area contributed by atoms with E-state index in [-0.39, 0.29) is 5.43 Å². The summed E-state index contributed by atoms with van der Waals surface area (Å²) >= 11 is 5.99. The molecule has 0 unspecified atom stereocenters. The molecular weight excluding hydrogens is 344 g/mol. The van der Waals surface area contributed by atoms with E-state index in [1.807, 2.05) is 37.3 Å². The Balaban J connectivity index is 1.86. The first kappa shape index (κ1) is 18.7. The van der Waals surface area contributed by atoms with Crippen molar-refractivity contribution in [3.8, 4) is 0 Å². The number of H-pyrrole nitrogens is 1. The first-order valence-electron chi connectivity index (χ1n) is 9.00. The predicted molar refractivity (Wildman–Crippen MR) is 110 cm³/mol. The van der Waals surface area contributed by atoms with Crippen molar-refractivity contribution in [1.29, 1.82) is 0 Å². The second-order valence-corrected chi connectivity index (χ2v) is 7.83. The number of nitrogens with one attached hydrogen (secondary N) is 1. The summed E-state index contributed by atoms with van der Waals surface area (Å²) in [7, 11) is 0. The molecule has 3 rings (SSSR count). The van der Waals surface area contributed by atoms with Gasteiger partial charge in [-0.25, -0.2) is 0 Å². The van der Waals surface area contributed by atoms with Gasteiger partial charge in [0.25, 0.3) is 0 Å². The summed E-state index contributed by atoms with van der Waals surface area (Å²) in [5.41, 5.74) is 4.23. The molecule has 0 aliphatic heterocycles. The van der Waals surface area contributed by atoms with Crippen LogP contribution in [-0.4, -0.2) is 16.4 Å². The molecule has 2 aromatic carbocycles. The van der Waals surface area contributed by atoms with Crippen LogP contribution >= 0.6 is 11.6 Å². The van der Waals surface area contributed by atoms with Crippen LogP contribution in [-0.2, 0) is 13.1 Å². The monoisotopic (exact) mass is 368 g/mol. The minimum atomic E-state index is 0.0773. The van der Waals surface area contributed by atoms with Crippen molar-refractivity contribution in [2.24, 2.45) is 5.92 Å². The number of hydrogen-bond donors (Lipinski definition) is 1. The Morgan fingerprint density at radius 1 is 1.04 bits per heavy atom. The van der Waals surface area contributed by atoms with E-state index >= 15 is 0 Å². The van der Waals surface area contributed by atoms with E-state index in [4.69, 9.17) is 11.6 Å². The molecule has 3 aromatic rings. The van der Waals surface area contributed by atoms with E-state index in [1.54, 1.807) is 6.07 Å². The van der Waals surface area contributed by atoms with Crippen molar-refractivity contribution >= 4 is 22.5 Å². The lowest BCUT2D eigenvalue weighted by Gasteiger charge is -2.24. The van der Waals surface area contributed by atoms with Crippen LogP contribution in [0.15, 0.2) is 53.3 Å². The third-order valence-electron chi connectivity index (χ3n) is 4.38. The van der Waals surface area contributed by atoms with Crippen molar-refractivity contribution in [2.45, 2.75) is 33.9 Å². The van der Waals surface area contributed by atoms with Crippen molar-refractivity contribution in [3.63, 3.8) is 0 Å². The highest BCUT2D eigenvalue weighted by Crippen LogP contribution is 2.16. The van der Waals surface area contributed by atoms with Crippen molar-refractivity contribution < 1.29 is 0 Å². The Morgan fingerprint density at radius 2 is 1.77 bits per heavy atom. The van der Waals surface area contributed by atoms with E-state index in [0.717, 1.165) is 40.3 Å². The fourth-order valence-electron chi connectivity index (χ4n) is 3.29. The molecule has 0 saturated heterocycles. The van der Waals surface area contributed by atoms with Crippen molar-refractivity contribution in [1.82, 2.24) is 9.88 Å². The van der Waals surface area contributed by atoms with Crippen LogP contribution in [0, 0.1) is 12.8 Å². The summed E-state index contributed by atoms with van der Waals surface area (Å²) in [4.78, 5) is 18.3. The Hall–Kier alpha value is -2.10. The van der Waals surface area contributed by atoms with Crippen LogP contribution in [0.3, 0.4) is 0 Å². The zero-order valence-electron chi connectivity index (χ0n) is 15.6. The summed E-state index contributed by atoms with van der Waals surface area (Å²) in [6, 6.07) is 15.6. The van der Waals surface area contributed by atoms with Crippen LogP contribution in [0.5, 0.6) is 0 Å². The fourth-order valence-corrected chi connectivity index (χ4v) is 3.42. The van der Waals surface area contributed by atoms with Gasteiger partial charge in [-0.2, -0.15) is 0 Å². The summed E-state index contributed by atoms with van der Waals surface area (Å²) in [6.45, 7) is 8.91. The fraction of sp³-hybridized carbons (Fsp3) is 0.318. The standard InChI is InChI=1S/C22H25ClN2O/c1-15(2)12-25(13-17-5-7-18(23)8-6-17)14-19-11-22(26)20-10-16(3)4-9-21(20)24-19/h4-11,15H,12-14H2,1-3H3,(H,24,26). The highest BCUT2D eigenvalue weighted by atomic mass is 35.5. The SMILES string of the molecule is Cc1ccc2[nH]c(CN(Cc3ccc(Cl)cc3)CC(C)C)cc(=O)c2c1. The molecule has 0 aliphatic rings. The number of aromatic nitrogens is 1. The molecule has 0 spiro atoms. The number of nitrogens with zero attached hydrogens (tertiary/aromatic N) is 1. The van der Waals surface area contributed by atoms with Crippen LogP contribution in [0.2, 0.25) is 5.02 Å². The van der Waals surface area contributed by atoms with E-state index in [2.05, 4.69) is 35.9 Å². The van der Waals surface area contributed by atoms with Gasteiger partial charge in [0.05, 0.1) is 0 Å². The number of rotatable bonds is 6. The topological polar surface area (TPSA) is 36.1 Å². The molecule has 4 heteroatoms. The van der Waals surface area contributed by atoms with E-state index < -0.39 is 0 Å². The van der Waals surface area contributed by atoms with Gasteiger partial charge < -0.3 is 4.98 Å². The van der Waals surface area contributed by atoms with Gasteiger partial charge in [0.15, 0.2) is 5.43 Å². The van der Waals surface area contributed by atoms with Gasteiger partial charge in [0, 0.05) is 47.3 Å². The number of halogens is 1. The van der Waals surface area contributed by atoms with Crippen LogP contribution < -0.4 is 5.43 Å². The molecule has 0 atom stereocenters. The van der Waals surface area contributed by atoms with Gasteiger partial charge >= 0.3 is 0 Å². The average Bonchev–Trinajstić information content (AvgIpc) is 2.57. The zero-order valence-corrected chi connectivity index (χ0v) is 16.3. The Bertz CT molecular complexity index is 945. The minimum Gasteiger partial charge on any atom is -0.357 e. The Kier molecular flexibility index (Phi) is 5.80. The van der Waals surface area contributed by atoms with Crippen molar-refractivity contribution in [2.75, 3.05) is 6.54 Å². The largest absolute Gasteiger partial charge is 0.357 e. The summed E-state index contributed by atoms with van der Waals surface area (Å²) in [5, 5.41) is 1.50. The number of benzene rings is 2. The number of aryl methyl sites for hydroxylation is 1. The molecule has 0 aliphatic carbocycles. The predicted octanol–water partition coefficient (Wildman–Crippen LogP) is 5.15. The van der Waals surface area contributed by atoms with Crippen molar-refractivity contribution in [3.05, 3.63) is 80.6 Å². The molecule has 3 nitrogen and oxygen atoms in total. The van der Waals surface area contributed by atoms with Gasteiger partial charge in [-0.15, -0.1) is 0 Å². The number of aromatic amines is 1. The third-order valence-corrected chi connectivity index (χ3v) is 4.63. The molecule has 1 heterocycles. The average molecular weight is 369 g/mol. The van der Waals surface area contributed by atoms with Gasteiger partial charge in [0.2, 0.25) is 0 Å². The molecular formula is C22H25ClN2O. The maximum Gasteiger partial charge on any atom is 0.189 e. The van der Waals surface area contributed by atoms with E-state index in [1.165, 1.54) is 5.56 Å². The van der Waals surface area contributed by atoms with Gasteiger partial charge in [-0.1, -0.05) is 49.2 Å². The molecule has 0 amide bonds. The van der Waals surface area contributed by atoms with Gasteiger partial charge in [-0.05, 0) is 42.7 Å². The second-order valence-electron chi connectivity index (χ2n) is 7.40.